The topological polar surface area (TPSA) is 29.1 Å². The predicted octanol–water partition coefficient (Wildman–Crippen LogP) is 4.12. The van der Waals surface area contributed by atoms with Crippen molar-refractivity contribution in [3.05, 3.63) is 29.3 Å². The van der Waals surface area contributed by atoms with E-state index >= 15 is 0 Å². The molecule has 0 aliphatic carbocycles. The first kappa shape index (κ1) is 16.3. The molecule has 0 saturated heterocycles. The highest BCUT2D eigenvalue weighted by molar-refractivity contribution is 14.1. The van der Waals surface area contributed by atoms with Crippen LogP contribution in [0.1, 0.15) is 25.0 Å². The lowest BCUT2D eigenvalue weighted by Gasteiger charge is -2.18. The number of hydrogen-bond donors (Lipinski definition) is 1. The van der Waals surface area contributed by atoms with E-state index in [1.807, 2.05) is 32.0 Å². The van der Waals surface area contributed by atoms with Gasteiger partial charge >= 0.3 is 6.18 Å². The lowest BCUT2D eigenvalue weighted by atomic mass is 10.0. The zero-order valence-corrected chi connectivity index (χ0v) is 12.8. The van der Waals surface area contributed by atoms with Gasteiger partial charge in [-0.15, -0.1) is 0 Å². The maximum atomic E-state index is 12.5. The fourth-order valence-electron chi connectivity index (χ4n) is 1.74. The summed E-state index contributed by atoms with van der Waals surface area (Å²) < 4.78 is 35.5. The molecule has 0 spiro atoms. The molecule has 2 nitrogen and oxygen atoms in total. The maximum absolute atomic E-state index is 12.5. The molecular weight excluding hydrogens is 370 g/mol. The van der Waals surface area contributed by atoms with E-state index in [2.05, 4.69) is 5.32 Å². The van der Waals surface area contributed by atoms with Gasteiger partial charge in [-0.25, -0.2) is 0 Å². The van der Waals surface area contributed by atoms with Crippen molar-refractivity contribution in [1.82, 2.24) is 0 Å². The van der Waals surface area contributed by atoms with Crippen molar-refractivity contribution >= 4 is 34.2 Å². The Morgan fingerprint density at radius 2 is 1.74 bits per heavy atom. The van der Waals surface area contributed by atoms with Crippen molar-refractivity contribution in [3.8, 4) is 0 Å². The van der Waals surface area contributed by atoms with E-state index in [9.17, 15) is 18.0 Å². The van der Waals surface area contributed by atoms with E-state index in [1.165, 1.54) is 0 Å². The molecule has 0 fully saturated rings. The Kier molecular flexibility index (Phi) is 5.64. The third-order valence-corrected chi connectivity index (χ3v) is 4.04. The van der Waals surface area contributed by atoms with Crippen LogP contribution in [-0.4, -0.2) is 16.0 Å². The third-order valence-electron chi connectivity index (χ3n) is 2.76. The van der Waals surface area contributed by atoms with Crippen molar-refractivity contribution in [3.63, 3.8) is 0 Å². The summed E-state index contributed by atoms with van der Waals surface area (Å²) in [5.74, 6) is -1.02. The molecule has 1 unspecified atom stereocenters. The zero-order chi connectivity index (χ0) is 14.6. The smallest absolute Gasteiger partial charge is 0.324 e. The number of alkyl halides is 4. The Hall–Kier alpha value is -0.790. The second kappa shape index (κ2) is 6.58. The number of benzene rings is 1. The van der Waals surface area contributed by atoms with Crippen LogP contribution in [0.25, 0.3) is 0 Å². The number of hydrogen-bond acceptors (Lipinski definition) is 1. The lowest BCUT2D eigenvalue weighted by Crippen LogP contribution is -2.35. The third kappa shape index (κ3) is 4.09. The van der Waals surface area contributed by atoms with Gasteiger partial charge in [-0.3, -0.25) is 4.79 Å². The molecule has 1 atom stereocenters. The molecule has 0 bridgehead atoms. The number of carbonyl (C=O) groups excluding carboxylic acids is 1. The highest BCUT2D eigenvalue weighted by Gasteiger charge is 2.43. The fourth-order valence-corrected chi connectivity index (χ4v) is 1.89. The van der Waals surface area contributed by atoms with Crippen LogP contribution in [0.4, 0.5) is 18.9 Å². The molecular formula is C13H15F3INO. The number of carbonyl (C=O) groups is 1. The number of anilines is 1. The minimum absolute atomic E-state index is 0.517. The van der Waals surface area contributed by atoms with Crippen LogP contribution in [0.2, 0.25) is 0 Å². The molecule has 1 N–H and O–H groups in total. The maximum Gasteiger partial charge on any atom is 0.409 e. The quantitative estimate of drug-likeness (QED) is 0.614. The van der Waals surface area contributed by atoms with Gasteiger partial charge in [-0.05, 0) is 24.0 Å². The molecule has 1 aromatic rings. The zero-order valence-electron chi connectivity index (χ0n) is 10.6. The number of aryl methyl sites for hydroxylation is 2. The largest absolute Gasteiger partial charge is 0.409 e. The molecule has 6 heteroatoms. The van der Waals surface area contributed by atoms with Crippen LogP contribution in [0.15, 0.2) is 18.2 Å². The monoisotopic (exact) mass is 385 g/mol. The molecule has 1 aromatic carbocycles. The Bertz CT molecular complexity index is 437. The van der Waals surface area contributed by atoms with E-state index in [1.54, 1.807) is 0 Å². The second-order valence-electron chi connectivity index (χ2n) is 4.05. The van der Waals surface area contributed by atoms with E-state index in [0.29, 0.717) is 18.5 Å². The fraction of sp³-hybridized carbons (Fsp3) is 0.462. The van der Waals surface area contributed by atoms with Crippen LogP contribution in [0.3, 0.4) is 0 Å². The van der Waals surface area contributed by atoms with E-state index < -0.39 is 16.0 Å². The Labute approximate surface area is 123 Å². The molecule has 19 heavy (non-hydrogen) atoms. The Morgan fingerprint density at radius 3 is 2.11 bits per heavy atom. The van der Waals surface area contributed by atoms with Crippen LogP contribution in [-0.2, 0) is 17.6 Å². The van der Waals surface area contributed by atoms with E-state index in [-0.39, 0.29) is 0 Å². The predicted molar refractivity (Wildman–Crippen MR) is 77.7 cm³/mol. The first-order valence-electron chi connectivity index (χ1n) is 5.93. The number of rotatable bonds is 4. The van der Waals surface area contributed by atoms with Gasteiger partial charge in [0.25, 0.3) is 0 Å². The summed E-state index contributed by atoms with van der Waals surface area (Å²) in [7, 11) is 0. The van der Waals surface area contributed by atoms with Crippen molar-refractivity contribution in [2.45, 2.75) is 36.8 Å². The summed E-state index contributed by atoms with van der Waals surface area (Å²) in [5, 5.41) is 2.42. The average molecular weight is 385 g/mol. The second-order valence-corrected chi connectivity index (χ2v) is 5.30. The molecule has 0 saturated carbocycles. The van der Waals surface area contributed by atoms with Gasteiger partial charge in [0.15, 0.2) is 3.92 Å². The van der Waals surface area contributed by atoms with Gasteiger partial charge in [-0.2, -0.15) is 13.2 Å². The summed E-state index contributed by atoms with van der Waals surface area (Å²) in [5.41, 5.74) is 2.21. The average Bonchev–Trinajstić information content (AvgIpc) is 2.36. The van der Waals surface area contributed by atoms with E-state index in [0.717, 1.165) is 33.7 Å². The molecule has 0 aliphatic rings. The normalized spacial score (nSPS) is 13.2. The van der Waals surface area contributed by atoms with Gasteiger partial charge in [0.2, 0.25) is 5.91 Å². The van der Waals surface area contributed by atoms with Gasteiger partial charge in [0.1, 0.15) is 0 Å². The molecule has 1 amide bonds. The minimum atomic E-state index is -4.53. The molecule has 0 aliphatic heterocycles. The molecule has 0 heterocycles. The van der Waals surface area contributed by atoms with Gasteiger partial charge in [0, 0.05) is 5.69 Å². The SMILES string of the molecule is CCc1cccc(CC)c1NC(=O)C(I)C(F)(F)F. The molecule has 0 aromatic heterocycles. The van der Waals surface area contributed by atoms with Crippen molar-refractivity contribution < 1.29 is 18.0 Å². The standard InChI is InChI=1S/C13H15F3INO/c1-3-8-6-5-7-9(4-2)10(8)18-12(19)11(17)13(14,15)16/h5-7,11H,3-4H2,1-2H3,(H,18,19). The number of nitrogens with one attached hydrogen (secondary N) is 1. The lowest BCUT2D eigenvalue weighted by molar-refractivity contribution is -0.143. The summed E-state index contributed by atoms with van der Waals surface area (Å²) in [6.45, 7) is 3.80. The van der Waals surface area contributed by atoms with Gasteiger partial charge in [0.05, 0.1) is 0 Å². The van der Waals surface area contributed by atoms with Crippen LogP contribution >= 0.6 is 22.6 Å². The number of amides is 1. The van der Waals surface area contributed by atoms with Crippen LogP contribution in [0, 0.1) is 0 Å². The van der Waals surface area contributed by atoms with Crippen molar-refractivity contribution in [1.29, 1.82) is 0 Å². The first-order valence-corrected chi connectivity index (χ1v) is 7.18. The molecule has 106 valence electrons. The van der Waals surface area contributed by atoms with Crippen molar-refractivity contribution in [2.75, 3.05) is 5.32 Å². The van der Waals surface area contributed by atoms with Crippen LogP contribution in [0.5, 0.6) is 0 Å². The minimum Gasteiger partial charge on any atom is -0.324 e. The van der Waals surface area contributed by atoms with Crippen LogP contribution < -0.4 is 5.32 Å². The van der Waals surface area contributed by atoms with E-state index in [4.69, 9.17) is 0 Å². The number of halogens is 4. The summed E-state index contributed by atoms with van der Waals surface area (Å²) >= 11 is 1.11. The molecule has 1 rings (SSSR count). The Balaban J connectivity index is 3.02. The Morgan fingerprint density at radius 1 is 1.26 bits per heavy atom. The highest BCUT2D eigenvalue weighted by atomic mass is 127. The number of para-hydroxylation sites is 1. The van der Waals surface area contributed by atoms with Gasteiger partial charge in [-0.1, -0.05) is 54.6 Å². The summed E-state index contributed by atoms with van der Waals surface area (Å²) in [4.78, 5) is 11.7. The highest BCUT2D eigenvalue weighted by Crippen LogP contribution is 2.29. The summed E-state index contributed by atoms with van der Waals surface area (Å²) in [6.07, 6.45) is -3.22. The summed E-state index contributed by atoms with van der Waals surface area (Å²) in [6, 6.07) is 5.47. The van der Waals surface area contributed by atoms with Crippen molar-refractivity contribution in [2.24, 2.45) is 0 Å². The first-order chi connectivity index (χ1) is 8.81. The molecule has 0 radical (unpaired) electrons. The van der Waals surface area contributed by atoms with Gasteiger partial charge < -0.3 is 5.32 Å².